The van der Waals surface area contributed by atoms with Crippen LogP contribution in [0.4, 0.5) is 5.69 Å². The van der Waals surface area contributed by atoms with Gasteiger partial charge in [-0.2, -0.15) is 4.99 Å². The molecule has 140 valence electrons. The lowest BCUT2D eigenvalue weighted by Crippen LogP contribution is -2.35. The van der Waals surface area contributed by atoms with Gasteiger partial charge in [0, 0.05) is 41.8 Å². The molecule has 0 spiro atoms. The van der Waals surface area contributed by atoms with Crippen LogP contribution in [0.2, 0.25) is 0 Å². The van der Waals surface area contributed by atoms with Crippen molar-refractivity contribution in [1.82, 2.24) is 19.4 Å². The summed E-state index contributed by atoms with van der Waals surface area (Å²) in [5.74, 6) is 0. The van der Waals surface area contributed by atoms with Gasteiger partial charge < -0.3 is 0 Å². The maximum absolute atomic E-state index is 4.53. The minimum absolute atomic E-state index is 0.442. The van der Waals surface area contributed by atoms with E-state index in [1.165, 1.54) is 0 Å². The molecule has 1 aliphatic heterocycles. The zero-order valence-corrected chi connectivity index (χ0v) is 16.7. The fourth-order valence-electron chi connectivity index (χ4n) is 3.58. The number of nitrogens with zero attached hydrogens (tertiary/aromatic N) is 5. The Morgan fingerprint density at radius 2 is 1.69 bits per heavy atom. The van der Waals surface area contributed by atoms with E-state index in [1.54, 1.807) is 0 Å². The van der Waals surface area contributed by atoms with Crippen LogP contribution < -0.4 is 4.48 Å². The first-order valence-electron chi connectivity index (χ1n) is 9.20. The first-order chi connectivity index (χ1) is 14.1. The second-order valence-corrected chi connectivity index (χ2v) is 7.60. The molecule has 0 N–H and O–H groups in total. The van der Waals surface area contributed by atoms with Crippen molar-refractivity contribution in [2.75, 3.05) is 7.05 Å². The first-order valence-corrected chi connectivity index (χ1v) is 9.65. The van der Waals surface area contributed by atoms with E-state index in [9.17, 15) is 0 Å². The molecule has 0 fully saturated rings. The number of hydrogen-bond donors (Lipinski definition) is 1. The SMILES string of the molecule is C[N+]1(c2cncc(-c3ccc4nccc(-c5ccncc5)c4c3)c2)C=NC(S)=C1. The number of fused-ring (bicyclic) bond motifs is 1. The Kier molecular flexibility index (Phi) is 4.23. The Hall–Kier alpha value is -3.35. The number of aromatic nitrogens is 3. The molecule has 5 nitrogen and oxygen atoms in total. The van der Waals surface area contributed by atoms with E-state index in [0.29, 0.717) is 9.51 Å². The molecule has 29 heavy (non-hydrogen) atoms. The molecular formula is C23H18N5S+. The standard InChI is InChI=1S/C23H17N5S/c1-28(14-23(29)27-15-28)19-10-18(12-25-13-19)17-2-3-22-21(11-17)20(6-9-26-22)16-4-7-24-8-5-16/h2-15H,1H3/p+1. The fourth-order valence-corrected chi connectivity index (χ4v) is 3.88. The Morgan fingerprint density at radius 1 is 0.828 bits per heavy atom. The van der Waals surface area contributed by atoms with Gasteiger partial charge in [0.15, 0.2) is 10.7 Å². The second kappa shape index (κ2) is 6.92. The largest absolute Gasteiger partial charge is 0.265 e. The van der Waals surface area contributed by atoms with Crippen molar-refractivity contribution in [3.05, 3.63) is 84.7 Å². The fraction of sp³-hybridized carbons (Fsp3) is 0.0435. The number of pyridine rings is 3. The van der Waals surface area contributed by atoms with Gasteiger partial charge in [-0.1, -0.05) is 6.07 Å². The topological polar surface area (TPSA) is 51.0 Å². The highest BCUT2D eigenvalue weighted by atomic mass is 32.1. The van der Waals surface area contributed by atoms with Crippen LogP contribution in [-0.2, 0) is 0 Å². The lowest BCUT2D eigenvalue weighted by atomic mass is 9.98. The lowest BCUT2D eigenvalue weighted by Gasteiger charge is -2.21. The Labute approximate surface area is 174 Å². The van der Waals surface area contributed by atoms with Crippen LogP contribution in [0.15, 0.2) is 89.7 Å². The molecule has 0 radical (unpaired) electrons. The van der Waals surface area contributed by atoms with Crippen LogP contribution in [0.1, 0.15) is 0 Å². The van der Waals surface area contributed by atoms with Crippen LogP contribution in [0, 0.1) is 0 Å². The number of rotatable bonds is 3. The van der Waals surface area contributed by atoms with Crippen LogP contribution in [-0.4, -0.2) is 28.3 Å². The van der Waals surface area contributed by atoms with Crippen LogP contribution in [0.3, 0.4) is 0 Å². The van der Waals surface area contributed by atoms with Crippen LogP contribution in [0.25, 0.3) is 33.2 Å². The first kappa shape index (κ1) is 17.7. The molecule has 0 amide bonds. The summed E-state index contributed by atoms with van der Waals surface area (Å²) in [5, 5.41) is 1.80. The number of benzene rings is 1. The molecule has 1 atom stereocenters. The molecule has 1 aromatic carbocycles. The van der Waals surface area contributed by atoms with Crippen LogP contribution in [0.5, 0.6) is 0 Å². The molecular weight excluding hydrogens is 378 g/mol. The molecule has 0 saturated carbocycles. The van der Waals surface area contributed by atoms with Gasteiger partial charge in [-0.3, -0.25) is 15.0 Å². The van der Waals surface area contributed by atoms with E-state index in [1.807, 2.05) is 61.7 Å². The summed E-state index contributed by atoms with van der Waals surface area (Å²) >= 11 is 4.35. The van der Waals surface area contributed by atoms with Crippen molar-refractivity contribution in [2.45, 2.75) is 0 Å². The zero-order chi connectivity index (χ0) is 19.8. The number of aliphatic imine (C=N–C) groups is 1. The van der Waals surface area contributed by atoms with E-state index < -0.39 is 0 Å². The molecule has 6 heteroatoms. The maximum atomic E-state index is 4.53. The van der Waals surface area contributed by atoms with E-state index in [2.05, 4.69) is 63.9 Å². The van der Waals surface area contributed by atoms with E-state index in [0.717, 1.165) is 38.8 Å². The minimum Gasteiger partial charge on any atom is -0.265 e. The molecule has 0 bridgehead atoms. The third-order valence-corrected chi connectivity index (χ3v) is 5.39. The molecule has 1 unspecified atom stereocenters. The predicted molar refractivity (Wildman–Crippen MR) is 121 cm³/mol. The number of quaternary nitrogens is 1. The summed E-state index contributed by atoms with van der Waals surface area (Å²) in [6.45, 7) is 0. The van der Waals surface area contributed by atoms with Crippen molar-refractivity contribution in [1.29, 1.82) is 0 Å². The predicted octanol–water partition coefficient (Wildman–Crippen LogP) is 5.07. The summed E-state index contributed by atoms with van der Waals surface area (Å²) in [7, 11) is 2.05. The highest BCUT2D eigenvalue weighted by Crippen LogP contribution is 2.33. The smallest absolute Gasteiger partial charge is 0.200 e. The molecule has 4 heterocycles. The second-order valence-electron chi connectivity index (χ2n) is 7.14. The quantitative estimate of drug-likeness (QED) is 0.389. The van der Waals surface area contributed by atoms with Crippen molar-refractivity contribution in [3.63, 3.8) is 0 Å². The van der Waals surface area contributed by atoms with Crippen molar-refractivity contribution in [3.8, 4) is 22.3 Å². The van der Waals surface area contributed by atoms with Gasteiger partial charge in [0.2, 0.25) is 6.34 Å². The molecule has 3 aromatic heterocycles. The lowest BCUT2D eigenvalue weighted by molar-refractivity contribution is 0.681. The van der Waals surface area contributed by atoms with E-state index >= 15 is 0 Å². The summed E-state index contributed by atoms with van der Waals surface area (Å²) in [5.41, 5.74) is 6.37. The molecule has 5 rings (SSSR count). The van der Waals surface area contributed by atoms with Gasteiger partial charge in [-0.05, 0) is 47.0 Å². The van der Waals surface area contributed by atoms with Gasteiger partial charge in [0.05, 0.1) is 18.8 Å². The minimum atomic E-state index is 0.442. The van der Waals surface area contributed by atoms with Gasteiger partial charge in [-0.25, -0.2) is 4.48 Å². The van der Waals surface area contributed by atoms with Crippen molar-refractivity contribution < 1.29 is 0 Å². The van der Waals surface area contributed by atoms with E-state index in [-0.39, 0.29) is 0 Å². The van der Waals surface area contributed by atoms with E-state index in [4.69, 9.17) is 0 Å². The third-order valence-electron chi connectivity index (χ3n) is 5.16. The monoisotopic (exact) mass is 396 g/mol. The summed E-state index contributed by atoms with van der Waals surface area (Å²) in [6.07, 6.45) is 13.1. The Balaban J connectivity index is 1.64. The zero-order valence-electron chi connectivity index (χ0n) is 15.8. The van der Waals surface area contributed by atoms with Crippen molar-refractivity contribution in [2.24, 2.45) is 4.99 Å². The molecule has 0 saturated heterocycles. The summed E-state index contributed by atoms with van der Waals surface area (Å²) in [4.78, 5) is 17.4. The van der Waals surface area contributed by atoms with Crippen LogP contribution >= 0.6 is 12.6 Å². The summed E-state index contributed by atoms with van der Waals surface area (Å²) < 4.78 is 0.442. The number of thiol groups is 1. The maximum Gasteiger partial charge on any atom is 0.200 e. The summed E-state index contributed by atoms with van der Waals surface area (Å²) in [6, 6.07) is 14.5. The molecule has 4 aromatic rings. The average Bonchev–Trinajstić information content (AvgIpc) is 3.13. The van der Waals surface area contributed by atoms with Gasteiger partial charge in [-0.15, -0.1) is 12.6 Å². The average molecular weight is 396 g/mol. The molecule has 1 aliphatic rings. The Morgan fingerprint density at radius 3 is 2.48 bits per heavy atom. The van der Waals surface area contributed by atoms with Crippen molar-refractivity contribution >= 4 is 35.6 Å². The molecule has 0 aliphatic carbocycles. The van der Waals surface area contributed by atoms with Gasteiger partial charge in [0.1, 0.15) is 6.20 Å². The van der Waals surface area contributed by atoms with Gasteiger partial charge in [0.25, 0.3) is 0 Å². The normalized spacial score (nSPS) is 18.2. The highest BCUT2D eigenvalue weighted by molar-refractivity contribution is 7.84. The van der Waals surface area contributed by atoms with Gasteiger partial charge >= 0.3 is 0 Å². The third kappa shape index (κ3) is 3.22. The highest BCUT2D eigenvalue weighted by Gasteiger charge is 2.27. The Bertz CT molecular complexity index is 1280. The number of hydrogen-bond acceptors (Lipinski definition) is 5.